The lowest BCUT2D eigenvalue weighted by molar-refractivity contribution is -0.137. The van der Waals surface area contributed by atoms with Gasteiger partial charge in [-0.2, -0.15) is 23.3 Å². The van der Waals surface area contributed by atoms with E-state index in [-0.39, 0.29) is 12.1 Å². The first-order chi connectivity index (χ1) is 18.2. The van der Waals surface area contributed by atoms with Crippen LogP contribution in [0.5, 0.6) is 0 Å². The van der Waals surface area contributed by atoms with Crippen LogP contribution in [0.1, 0.15) is 62.1 Å². The van der Waals surface area contributed by atoms with Crippen molar-refractivity contribution in [1.29, 1.82) is 0 Å². The molecule has 6 rings (SSSR count). The fourth-order valence-corrected chi connectivity index (χ4v) is 5.21. The molecule has 3 aromatic rings. The van der Waals surface area contributed by atoms with Crippen molar-refractivity contribution in [2.24, 2.45) is 17.6 Å². The Hall–Kier alpha value is -3.83. The van der Waals surface area contributed by atoms with Gasteiger partial charge in [-0.25, -0.2) is 4.98 Å². The lowest BCUT2D eigenvalue weighted by Crippen LogP contribution is -2.18. The largest absolute Gasteiger partial charge is 0.416 e. The van der Waals surface area contributed by atoms with Gasteiger partial charge in [-0.1, -0.05) is 18.9 Å². The highest BCUT2D eigenvalue weighted by Gasteiger charge is 2.45. The van der Waals surface area contributed by atoms with Crippen LogP contribution in [0.4, 0.5) is 36.4 Å². The van der Waals surface area contributed by atoms with E-state index in [0.29, 0.717) is 12.0 Å². The summed E-state index contributed by atoms with van der Waals surface area (Å²) in [5.41, 5.74) is 9.98. The van der Waals surface area contributed by atoms with Gasteiger partial charge in [-0.15, -0.1) is 0 Å². The Kier molecular flexibility index (Phi) is 8.70. The number of carbonyl (C=O) groups is 1. The minimum atomic E-state index is -4.30. The number of alkyl halides is 3. The number of rotatable bonds is 5. The zero-order valence-corrected chi connectivity index (χ0v) is 20.9. The van der Waals surface area contributed by atoms with Crippen molar-refractivity contribution in [3.8, 4) is 0 Å². The van der Waals surface area contributed by atoms with Gasteiger partial charge in [0.1, 0.15) is 5.82 Å². The molecule has 2 atom stereocenters. The van der Waals surface area contributed by atoms with Gasteiger partial charge in [0.15, 0.2) is 5.82 Å². The summed E-state index contributed by atoms with van der Waals surface area (Å²) in [6.07, 6.45) is 6.94. The standard InChI is InChI=1S/C18H24N6.C7H6F3N.CH3NO/c1-2-4-11(3-1)15-10-17(24-23-15)21-16-5-6-19-18(22-16)20-14-8-12-7-13(12)9-14;8-7(9,10)5-2-1-3-6(11)4-5;2-1-3/h5-6,10-14H,1-4,7-9H2,(H3,19,20,21,22,23,24);1-4H,11H2;1H,(H2,2,3). The molecule has 2 heterocycles. The SMILES string of the molecule is NC=O.Nc1cccc(C(F)(F)F)c1.c1cc(Nc2cc(C3CCCC3)[nH]n2)nc(NC2CC3CC3C2)n1. The molecule has 0 radical (unpaired) electrons. The van der Waals surface area contributed by atoms with Gasteiger partial charge in [0, 0.05) is 35.6 Å². The van der Waals surface area contributed by atoms with E-state index in [2.05, 4.69) is 42.6 Å². The fraction of sp³-hybridized carbons (Fsp3) is 0.462. The third-order valence-corrected chi connectivity index (χ3v) is 7.10. The number of carbonyl (C=O) groups excluding carboxylic acids is 1. The summed E-state index contributed by atoms with van der Waals surface area (Å²) in [7, 11) is 0. The topological polar surface area (TPSA) is 148 Å². The number of nitrogen functional groups attached to an aromatic ring is 1. The molecular weight excluding hydrogens is 497 g/mol. The quantitative estimate of drug-likeness (QED) is 0.225. The summed E-state index contributed by atoms with van der Waals surface area (Å²) in [5, 5.41) is 14.4. The number of hydrogen-bond acceptors (Lipinski definition) is 7. The second kappa shape index (κ2) is 12.1. The van der Waals surface area contributed by atoms with Gasteiger partial charge in [0.05, 0.1) is 5.56 Å². The first-order valence-corrected chi connectivity index (χ1v) is 12.7. The molecule has 9 nitrogen and oxygen atoms in total. The second-order valence-corrected chi connectivity index (χ2v) is 9.91. The first-order valence-electron chi connectivity index (χ1n) is 12.7. The average Bonchev–Trinajstić information content (AvgIpc) is 3.29. The van der Waals surface area contributed by atoms with Crippen LogP contribution in [0.25, 0.3) is 0 Å². The molecular formula is C26H33F3N8O. The molecule has 0 saturated heterocycles. The normalized spacial score (nSPS) is 21.8. The molecule has 0 bridgehead atoms. The molecule has 3 aliphatic rings. The smallest absolute Gasteiger partial charge is 0.399 e. The van der Waals surface area contributed by atoms with Gasteiger partial charge in [0.2, 0.25) is 12.4 Å². The lowest BCUT2D eigenvalue weighted by Gasteiger charge is -2.14. The predicted octanol–water partition coefficient (Wildman–Crippen LogP) is 5.20. The molecule has 12 heteroatoms. The first kappa shape index (κ1) is 27.2. The average molecular weight is 531 g/mol. The number of nitrogens with zero attached hydrogens (tertiary/aromatic N) is 3. The summed E-state index contributed by atoms with van der Waals surface area (Å²) in [6.45, 7) is 0. The molecule has 1 aromatic carbocycles. The molecule has 38 heavy (non-hydrogen) atoms. The van der Waals surface area contributed by atoms with Crippen LogP contribution in [0, 0.1) is 11.8 Å². The summed E-state index contributed by atoms with van der Waals surface area (Å²) >= 11 is 0. The number of H-pyrrole nitrogens is 1. The number of nitrogens with one attached hydrogen (secondary N) is 3. The molecule has 2 unspecified atom stereocenters. The third kappa shape index (κ3) is 7.59. The summed E-state index contributed by atoms with van der Waals surface area (Å²) < 4.78 is 35.7. The van der Waals surface area contributed by atoms with Gasteiger partial charge >= 0.3 is 6.18 Å². The summed E-state index contributed by atoms with van der Waals surface area (Å²) in [6, 6.07) is 9.13. The van der Waals surface area contributed by atoms with E-state index in [4.69, 9.17) is 10.5 Å². The maximum atomic E-state index is 11.9. The Morgan fingerprint density at radius 1 is 1.03 bits per heavy atom. The van der Waals surface area contributed by atoms with Gasteiger partial charge in [-0.05, 0) is 68.2 Å². The number of benzene rings is 1. The fourth-order valence-electron chi connectivity index (χ4n) is 5.21. The molecule has 204 valence electrons. The van der Waals surface area contributed by atoms with Crippen LogP contribution in [-0.2, 0) is 11.0 Å². The zero-order valence-electron chi connectivity index (χ0n) is 20.9. The van der Waals surface area contributed by atoms with E-state index >= 15 is 0 Å². The number of aromatic amines is 1. The van der Waals surface area contributed by atoms with Crippen molar-refractivity contribution in [3.05, 3.63) is 53.9 Å². The van der Waals surface area contributed by atoms with Gasteiger partial charge in [-0.3, -0.25) is 9.89 Å². The number of aromatic nitrogens is 4. The molecule has 0 spiro atoms. The lowest BCUT2D eigenvalue weighted by atomic mass is 10.0. The molecule has 0 aliphatic heterocycles. The van der Waals surface area contributed by atoms with Crippen LogP contribution >= 0.6 is 0 Å². The zero-order chi connectivity index (χ0) is 27.1. The monoisotopic (exact) mass is 530 g/mol. The van der Waals surface area contributed by atoms with Crippen LogP contribution in [0.15, 0.2) is 42.6 Å². The van der Waals surface area contributed by atoms with Crippen LogP contribution in [0.3, 0.4) is 0 Å². The Bertz CT molecular complexity index is 1180. The molecule has 2 aromatic heterocycles. The Labute approximate surface area is 219 Å². The Morgan fingerprint density at radius 2 is 1.74 bits per heavy atom. The van der Waals surface area contributed by atoms with Gasteiger partial charge in [0.25, 0.3) is 0 Å². The van der Waals surface area contributed by atoms with Crippen molar-refractivity contribution < 1.29 is 18.0 Å². The number of hydrogen-bond donors (Lipinski definition) is 5. The van der Waals surface area contributed by atoms with Crippen molar-refractivity contribution in [3.63, 3.8) is 0 Å². The van der Waals surface area contributed by atoms with E-state index < -0.39 is 11.7 Å². The number of fused-ring (bicyclic) bond motifs is 1. The van der Waals surface area contributed by atoms with Crippen LogP contribution < -0.4 is 22.1 Å². The van der Waals surface area contributed by atoms with E-state index in [1.807, 2.05) is 6.07 Å². The predicted molar refractivity (Wildman–Crippen MR) is 139 cm³/mol. The summed E-state index contributed by atoms with van der Waals surface area (Å²) in [5.74, 6) is 4.91. The Balaban J connectivity index is 0.000000202. The number of anilines is 4. The molecule has 3 aliphatic carbocycles. The minimum absolute atomic E-state index is 0.125. The minimum Gasteiger partial charge on any atom is -0.399 e. The number of halogens is 3. The maximum absolute atomic E-state index is 11.9. The third-order valence-electron chi connectivity index (χ3n) is 7.10. The number of primary amides is 1. The van der Waals surface area contributed by atoms with E-state index in [1.165, 1.54) is 62.8 Å². The second-order valence-electron chi connectivity index (χ2n) is 9.91. The van der Waals surface area contributed by atoms with Crippen molar-refractivity contribution in [2.45, 2.75) is 63.1 Å². The van der Waals surface area contributed by atoms with E-state index in [0.717, 1.165) is 41.6 Å². The van der Waals surface area contributed by atoms with E-state index in [1.54, 1.807) is 6.20 Å². The molecule has 1 amide bonds. The van der Waals surface area contributed by atoms with Crippen LogP contribution in [0.2, 0.25) is 0 Å². The number of amides is 1. The Morgan fingerprint density at radius 3 is 2.37 bits per heavy atom. The number of nitrogens with two attached hydrogens (primary N) is 2. The van der Waals surface area contributed by atoms with Gasteiger partial charge < -0.3 is 22.1 Å². The highest BCUT2D eigenvalue weighted by Crippen LogP contribution is 2.52. The highest BCUT2D eigenvalue weighted by molar-refractivity contribution is 5.53. The van der Waals surface area contributed by atoms with E-state index in [9.17, 15) is 13.2 Å². The molecule has 7 N–H and O–H groups in total. The van der Waals surface area contributed by atoms with Crippen LogP contribution in [-0.4, -0.2) is 32.6 Å². The van der Waals surface area contributed by atoms with Crippen molar-refractivity contribution in [1.82, 2.24) is 20.2 Å². The molecule has 3 fully saturated rings. The maximum Gasteiger partial charge on any atom is 0.416 e. The van der Waals surface area contributed by atoms with Crippen molar-refractivity contribution in [2.75, 3.05) is 16.4 Å². The summed E-state index contributed by atoms with van der Waals surface area (Å²) in [4.78, 5) is 17.5. The molecule has 3 saturated carbocycles. The van der Waals surface area contributed by atoms with Crippen molar-refractivity contribution >= 4 is 29.7 Å². The highest BCUT2D eigenvalue weighted by atomic mass is 19.4.